The molecule has 0 aromatic heterocycles. The summed E-state index contributed by atoms with van der Waals surface area (Å²) in [6.45, 7) is 4.93. The Morgan fingerprint density at radius 3 is 1.92 bits per heavy atom. The van der Waals surface area contributed by atoms with Crippen LogP contribution in [0.1, 0.15) is 27.7 Å². The van der Waals surface area contributed by atoms with Crippen molar-refractivity contribution in [3.05, 3.63) is 0 Å². The number of amides is 1. The molecule has 0 bridgehead atoms. The summed E-state index contributed by atoms with van der Waals surface area (Å²) in [5, 5.41) is 2.13. The van der Waals surface area contributed by atoms with Crippen LogP contribution >= 0.6 is 11.8 Å². The lowest BCUT2D eigenvalue weighted by Gasteiger charge is -2.44. The van der Waals surface area contributed by atoms with Crippen LogP contribution in [0.4, 0.5) is 0 Å². The fourth-order valence-electron chi connectivity index (χ4n) is 2.49. The van der Waals surface area contributed by atoms with Gasteiger partial charge >= 0.3 is 17.9 Å². The van der Waals surface area contributed by atoms with Crippen molar-refractivity contribution < 1.29 is 38.1 Å². The predicted octanol–water partition coefficient (Wildman–Crippen LogP) is 0.00550. The molecule has 1 N–H and O–H groups in total. The lowest BCUT2D eigenvalue weighted by atomic mass is 10.0. The summed E-state index contributed by atoms with van der Waals surface area (Å²) < 4.78 is 21.0. The van der Waals surface area contributed by atoms with Gasteiger partial charge in [-0.3, -0.25) is 19.2 Å². The van der Waals surface area contributed by atoms with E-state index in [2.05, 4.69) is 5.32 Å². The first-order valence-electron chi connectivity index (χ1n) is 7.58. The first-order valence-corrected chi connectivity index (χ1v) is 8.53. The zero-order chi connectivity index (χ0) is 19.1. The van der Waals surface area contributed by atoms with Gasteiger partial charge in [0.15, 0.2) is 12.2 Å². The minimum absolute atomic E-state index is 0.0671. The van der Waals surface area contributed by atoms with E-state index in [-0.39, 0.29) is 12.5 Å². The molecule has 10 heteroatoms. The molecular weight excluding hydrogens is 354 g/mol. The Labute approximate surface area is 150 Å². The lowest BCUT2D eigenvalue weighted by Crippen LogP contribution is -2.63. The van der Waals surface area contributed by atoms with Crippen LogP contribution in [-0.4, -0.2) is 66.5 Å². The van der Waals surface area contributed by atoms with Crippen LogP contribution in [0.3, 0.4) is 0 Å². The number of carbonyl (C=O) groups excluding carboxylic acids is 4. The SMILES string of the molecule is CO[C@H]1S[C@H](COC(C)=O)[C@@H](OC(C)=O)[C@H](OC(C)=O)[C@H]1NC(C)=O. The molecule has 1 aliphatic heterocycles. The molecule has 0 aromatic carbocycles. The van der Waals surface area contributed by atoms with E-state index in [1.54, 1.807) is 0 Å². The molecule has 1 amide bonds. The molecule has 142 valence electrons. The molecule has 1 aliphatic rings. The summed E-state index contributed by atoms with van der Waals surface area (Å²) in [4.78, 5) is 45.7. The van der Waals surface area contributed by atoms with Crippen molar-refractivity contribution in [3.8, 4) is 0 Å². The Morgan fingerprint density at radius 1 is 0.920 bits per heavy atom. The fourth-order valence-corrected chi connectivity index (χ4v) is 3.85. The standard InChI is InChI=1S/C15H23NO8S/c1-7(17)16-12-14(24-10(4)20)13(23-9(3)19)11(6-22-8(2)18)25-15(12)21-5/h11-15H,6H2,1-5H3,(H,16,17)/t11-,12-,13-,14-,15+/m1/s1. The number of hydrogen-bond acceptors (Lipinski definition) is 9. The van der Waals surface area contributed by atoms with E-state index in [0.29, 0.717) is 0 Å². The number of methoxy groups -OCH3 is 1. The van der Waals surface area contributed by atoms with Crippen LogP contribution in [-0.2, 0) is 38.1 Å². The second-order valence-corrected chi connectivity index (χ2v) is 6.80. The number of carbonyl (C=O) groups is 4. The third kappa shape index (κ3) is 6.54. The van der Waals surface area contributed by atoms with Gasteiger partial charge in [-0.2, -0.15) is 0 Å². The topological polar surface area (TPSA) is 117 Å². The second-order valence-electron chi connectivity index (χ2n) is 5.46. The van der Waals surface area contributed by atoms with Crippen molar-refractivity contribution in [1.29, 1.82) is 0 Å². The van der Waals surface area contributed by atoms with Gasteiger partial charge in [-0.05, 0) is 0 Å². The van der Waals surface area contributed by atoms with Crippen LogP contribution in [0.25, 0.3) is 0 Å². The van der Waals surface area contributed by atoms with Gasteiger partial charge < -0.3 is 24.3 Å². The van der Waals surface area contributed by atoms with E-state index in [9.17, 15) is 19.2 Å². The number of hydrogen-bond donors (Lipinski definition) is 1. The number of ether oxygens (including phenoxy) is 4. The van der Waals surface area contributed by atoms with Crippen molar-refractivity contribution >= 4 is 35.6 Å². The van der Waals surface area contributed by atoms with Gasteiger partial charge in [0.25, 0.3) is 0 Å². The molecule has 1 saturated heterocycles. The van der Waals surface area contributed by atoms with Crippen molar-refractivity contribution in [3.63, 3.8) is 0 Å². The Bertz CT molecular complexity index is 526. The second kappa shape index (κ2) is 9.62. The average Bonchev–Trinajstić information content (AvgIpc) is 2.48. The summed E-state index contributed by atoms with van der Waals surface area (Å²) in [5.74, 6) is -2.05. The van der Waals surface area contributed by atoms with Gasteiger partial charge in [0, 0.05) is 34.8 Å². The molecule has 1 rings (SSSR count). The lowest BCUT2D eigenvalue weighted by molar-refractivity contribution is -0.173. The van der Waals surface area contributed by atoms with Crippen LogP contribution in [0.2, 0.25) is 0 Å². The molecule has 1 heterocycles. The quantitative estimate of drug-likeness (QED) is 0.504. The minimum Gasteiger partial charge on any atom is -0.465 e. The molecule has 5 atom stereocenters. The number of esters is 3. The molecule has 0 radical (unpaired) electrons. The van der Waals surface area contributed by atoms with Gasteiger partial charge in [-0.15, -0.1) is 11.8 Å². The highest BCUT2D eigenvalue weighted by atomic mass is 32.2. The summed E-state index contributed by atoms with van der Waals surface area (Å²) >= 11 is 1.22. The molecular formula is C15H23NO8S. The smallest absolute Gasteiger partial charge is 0.303 e. The summed E-state index contributed by atoms with van der Waals surface area (Å²) in [7, 11) is 1.44. The molecule has 0 unspecified atom stereocenters. The fraction of sp³-hybridized carbons (Fsp3) is 0.733. The molecule has 9 nitrogen and oxygen atoms in total. The number of rotatable bonds is 6. The summed E-state index contributed by atoms with van der Waals surface area (Å²) in [6, 6.07) is -0.741. The van der Waals surface area contributed by atoms with E-state index in [4.69, 9.17) is 18.9 Å². The first-order chi connectivity index (χ1) is 11.6. The largest absolute Gasteiger partial charge is 0.465 e. The molecule has 25 heavy (non-hydrogen) atoms. The number of nitrogens with one attached hydrogen (secondary N) is 1. The number of thioether (sulfide) groups is 1. The van der Waals surface area contributed by atoms with E-state index < -0.39 is 46.8 Å². The highest BCUT2D eigenvalue weighted by molar-refractivity contribution is 8.00. The van der Waals surface area contributed by atoms with Gasteiger partial charge in [-0.1, -0.05) is 0 Å². The van der Waals surface area contributed by atoms with Crippen molar-refractivity contribution in [2.24, 2.45) is 0 Å². The van der Waals surface area contributed by atoms with E-state index in [1.807, 2.05) is 0 Å². The van der Waals surface area contributed by atoms with Crippen molar-refractivity contribution in [2.75, 3.05) is 13.7 Å². The Balaban J connectivity index is 3.18. The van der Waals surface area contributed by atoms with Crippen LogP contribution in [0.15, 0.2) is 0 Å². The summed E-state index contributed by atoms with van der Waals surface area (Å²) in [6.07, 6.45) is -1.91. The average molecular weight is 377 g/mol. The molecule has 0 spiro atoms. The van der Waals surface area contributed by atoms with E-state index in [1.165, 1.54) is 46.6 Å². The van der Waals surface area contributed by atoms with E-state index >= 15 is 0 Å². The maximum atomic E-state index is 11.5. The molecule has 0 aromatic rings. The van der Waals surface area contributed by atoms with Crippen molar-refractivity contribution in [2.45, 2.75) is 56.6 Å². The molecule has 0 aliphatic carbocycles. The first kappa shape index (κ1) is 21.2. The van der Waals surface area contributed by atoms with Crippen LogP contribution in [0.5, 0.6) is 0 Å². The zero-order valence-electron chi connectivity index (χ0n) is 14.8. The van der Waals surface area contributed by atoms with Crippen LogP contribution in [0, 0.1) is 0 Å². The van der Waals surface area contributed by atoms with Gasteiger partial charge in [0.05, 0.1) is 5.25 Å². The molecule has 1 fully saturated rings. The highest BCUT2D eigenvalue weighted by Gasteiger charge is 2.50. The summed E-state index contributed by atoms with van der Waals surface area (Å²) in [5.41, 5.74) is -0.597. The Hall–Kier alpha value is -1.81. The van der Waals surface area contributed by atoms with Gasteiger partial charge in [0.2, 0.25) is 5.91 Å². The maximum Gasteiger partial charge on any atom is 0.303 e. The normalized spacial score (nSPS) is 28.6. The highest BCUT2D eigenvalue weighted by Crippen LogP contribution is 2.36. The Morgan fingerprint density at radius 2 is 1.48 bits per heavy atom. The zero-order valence-corrected chi connectivity index (χ0v) is 15.6. The van der Waals surface area contributed by atoms with E-state index in [0.717, 1.165) is 0 Å². The van der Waals surface area contributed by atoms with Crippen molar-refractivity contribution in [1.82, 2.24) is 5.32 Å². The monoisotopic (exact) mass is 377 g/mol. The molecule has 0 saturated carbocycles. The van der Waals surface area contributed by atoms with Gasteiger partial charge in [-0.25, -0.2) is 0 Å². The van der Waals surface area contributed by atoms with Gasteiger partial charge in [0.1, 0.15) is 18.1 Å². The maximum absolute atomic E-state index is 11.5. The minimum atomic E-state index is -0.989. The third-order valence-corrected chi connectivity index (χ3v) is 4.81. The van der Waals surface area contributed by atoms with Crippen LogP contribution < -0.4 is 5.32 Å². The Kier molecular flexibility index (Phi) is 8.17. The predicted molar refractivity (Wildman–Crippen MR) is 87.5 cm³/mol. The third-order valence-electron chi connectivity index (χ3n) is 3.30.